The lowest BCUT2D eigenvalue weighted by Crippen LogP contribution is -2.46. The van der Waals surface area contributed by atoms with Crippen molar-refractivity contribution in [2.75, 3.05) is 0 Å². The molecule has 0 saturated carbocycles. The summed E-state index contributed by atoms with van der Waals surface area (Å²) >= 11 is 1.80. The van der Waals surface area contributed by atoms with Crippen LogP contribution in [0.4, 0.5) is 0 Å². The Hall–Kier alpha value is -0.280. The maximum Gasteiger partial charge on any atom is 0.0728 e. The molecule has 0 rings (SSSR count). The predicted molar refractivity (Wildman–Crippen MR) is 100 cm³/mol. The molecular formula is C18H36N2S. The largest absolute Gasteiger partial charge is 0.317 e. The van der Waals surface area contributed by atoms with Crippen LogP contribution in [0.5, 0.6) is 0 Å². The lowest BCUT2D eigenvalue weighted by molar-refractivity contribution is 0.306. The monoisotopic (exact) mass is 312 g/mol. The van der Waals surface area contributed by atoms with Gasteiger partial charge in [0.2, 0.25) is 0 Å². The number of allylic oxidation sites excluding steroid dienone is 1. The molecule has 21 heavy (non-hydrogen) atoms. The zero-order valence-corrected chi connectivity index (χ0v) is 16.3. The van der Waals surface area contributed by atoms with E-state index < -0.39 is 0 Å². The van der Waals surface area contributed by atoms with Crippen molar-refractivity contribution >= 4 is 18.0 Å². The molecule has 0 amide bonds. The minimum Gasteiger partial charge on any atom is -0.317 e. The van der Waals surface area contributed by atoms with Gasteiger partial charge in [0.25, 0.3) is 0 Å². The van der Waals surface area contributed by atoms with Gasteiger partial charge in [0.15, 0.2) is 0 Å². The lowest BCUT2D eigenvalue weighted by Gasteiger charge is -2.39. The molecule has 0 aliphatic rings. The SMILES string of the molecule is C/C=C(/C)C(N=CC(C)SC(C)(N)C(C)(C)C)C(C)CC. The van der Waals surface area contributed by atoms with Gasteiger partial charge in [-0.3, -0.25) is 4.99 Å². The molecule has 0 aliphatic carbocycles. The molecule has 0 saturated heterocycles. The van der Waals surface area contributed by atoms with Gasteiger partial charge < -0.3 is 5.73 Å². The summed E-state index contributed by atoms with van der Waals surface area (Å²) in [6.07, 6.45) is 5.41. The molecule has 0 fully saturated rings. The van der Waals surface area contributed by atoms with Crippen LogP contribution < -0.4 is 5.73 Å². The van der Waals surface area contributed by atoms with Crippen molar-refractivity contribution in [2.45, 2.75) is 84.9 Å². The number of nitrogens with zero attached hydrogens (tertiary/aromatic N) is 1. The number of hydrogen-bond donors (Lipinski definition) is 1. The lowest BCUT2D eigenvalue weighted by atomic mass is 9.88. The topological polar surface area (TPSA) is 38.4 Å². The van der Waals surface area contributed by atoms with Gasteiger partial charge in [0.05, 0.1) is 10.9 Å². The summed E-state index contributed by atoms with van der Waals surface area (Å²) < 4.78 is 0. The maximum absolute atomic E-state index is 6.46. The average molecular weight is 313 g/mol. The number of thioether (sulfide) groups is 1. The first-order valence-electron chi connectivity index (χ1n) is 8.09. The van der Waals surface area contributed by atoms with E-state index in [-0.39, 0.29) is 10.3 Å². The summed E-state index contributed by atoms with van der Waals surface area (Å²) in [5.41, 5.74) is 7.88. The Kier molecular flexibility index (Phi) is 8.27. The second-order valence-electron chi connectivity index (χ2n) is 7.34. The molecule has 124 valence electrons. The number of nitrogens with two attached hydrogens (primary N) is 1. The number of aliphatic imine (C=N–C) groups is 1. The fraction of sp³-hybridized carbons (Fsp3) is 0.833. The zero-order chi connectivity index (χ0) is 16.8. The van der Waals surface area contributed by atoms with Gasteiger partial charge in [-0.15, -0.1) is 11.8 Å². The van der Waals surface area contributed by atoms with Gasteiger partial charge in [-0.2, -0.15) is 0 Å². The van der Waals surface area contributed by atoms with Gasteiger partial charge in [0, 0.05) is 11.5 Å². The molecule has 0 aromatic rings. The maximum atomic E-state index is 6.46. The molecule has 0 spiro atoms. The van der Waals surface area contributed by atoms with E-state index in [1.54, 1.807) is 11.8 Å². The first-order valence-corrected chi connectivity index (χ1v) is 8.97. The van der Waals surface area contributed by atoms with Crippen LogP contribution in [0.2, 0.25) is 0 Å². The van der Waals surface area contributed by atoms with E-state index in [1.807, 2.05) is 0 Å². The highest BCUT2D eigenvalue weighted by atomic mass is 32.2. The van der Waals surface area contributed by atoms with Gasteiger partial charge in [-0.25, -0.2) is 0 Å². The summed E-state index contributed by atoms with van der Waals surface area (Å²) in [4.78, 5) is 4.60. The first-order chi connectivity index (χ1) is 9.46. The van der Waals surface area contributed by atoms with Crippen LogP contribution >= 0.6 is 11.8 Å². The second-order valence-corrected chi connectivity index (χ2v) is 9.17. The normalized spacial score (nSPS) is 21.1. The third kappa shape index (κ3) is 6.56. The minimum absolute atomic E-state index is 0.0646. The van der Waals surface area contributed by atoms with Crippen LogP contribution in [0, 0.1) is 11.3 Å². The standard InChI is InChI=1S/C18H36N2S/c1-10-13(3)16(14(4)11-2)20-12-15(5)21-18(9,19)17(6,7)8/h10,12,14-16H,11,19H2,1-9H3/b13-10-,20-12?. The number of hydrogen-bond acceptors (Lipinski definition) is 3. The van der Waals surface area contributed by atoms with Crippen molar-refractivity contribution in [1.29, 1.82) is 0 Å². The molecule has 0 aromatic heterocycles. The van der Waals surface area contributed by atoms with Crippen molar-refractivity contribution in [2.24, 2.45) is 22.1 Å². The molecule has 0 bridgehead atoms. The smallest absolute Gasteiger partial charge is 0.0728 e. The Balaban J connectivity index is 4.92. The third-order valence-electron chi connectivity index (χ3n) is 4.48. The summed E-state index contributed by atoms with van der Waals surface area (Å²) in [5, 5.41) is 0.315. The predicted octanol–water partition coefficient (Wildman–Crippen LogP) is 5.28. The Bertz CT molecular complexity index is 364. The quantitative estimate of drug-likeness (QED) is 0.394. The van der Waals surface area contributed by atoms with Gasteiger partial charge in [-0.05, 0) is 39.0 Å². The second kappa shape index (κ2) is 8.38. The third-order valence-corrected chi connectivity index (χ3v) is 6.08. The average Bonchev–Trinajstić information content (AvgIpc) is 2.36. The molecule has 4 atom stereocenters. The van der Waals surface area contributed by atoms with Crippen LogP contribution in [-0.4, -0.2) is 22.4 Å². The van der Waals surface area contributed by atoms with Crippen molar-refractivity contribution in [3.63, 3.8) is 0 Å². The fourth-order valence-corrected chi connectivity index (χ4v) is 3.17. The Morgan fingerprint density at radius 3 is 2.14 bits per heavy atom. The molecule has 0 aliphatic heterocycles. The highest BCUT2D eigenvalue weighted by molar-refractivity contribution is 8.01. The van der Waals surface area contributed by atoms with E-state index in [9.17, 15) is 0 Å². The molecule has 0 aromatic carbocycles. The Morgan fingerprint density at radius 1 is 1.24 bits per heavy atom. The molecule has 0 heterocycles. The van der Waals surface area contributed by atoms with Crippen LogP contribution in [0.3, 0.4) is 0 Å². The van der Waals surface area contributed by atoms with Crippen LogP contribution in [0.25, 0.3) is 0 Å². The summed E-state index contributed by atoms with van der Waals surface area (Å²) in [6, 6.07) is 0.293. The first kappa shape index (κ1) is 20.7. The van der Waals surface area contributed by atoms with E-state index in [4.69, 9.17) is 10.7 Å². The van der Waals surface area contributed by atoms with Crippen LogP contribution in [0.15, 0.2) is 16.6 Å². The summed E-state index contributed by atoms with van der Waals surface area (Å²) in [5.74, 6) is 0.571. The zero-order valence-electron chi connectivity index (χ0n) is 15.5. The number of rotatable bonds is 7. The van der Waals surface area contributed by atoms with Gasteiger partial charge in [-0.1, -0.05) is 52.7 Å². The molecular weight excluding hydrogens is 276 g/mol. The van der Waals surface area contributed by atoms with Crippen molar-refractivity contribution in [3.05, 3.63) is 11.6 Å². The Labute approximate surface area is 137 Å². The van der Waals surface area contributed by atoms with Crippen molar-refractivity contribution < 1.29 is 0 Å². The summed E-state index contributed by atoms with van der Waals surface area (Å²) in [6.45, 7) is 19.6. The molecule has 0 radical (unpaired) electrons. The fourth-order valence-electron chi connectivity index (χ4n) is 1.91. The van der Waals surface area contributed by atoms with E-state index >= 15 is 0 Å². The van der Waals surface area contributed by atoms with E-state index in [1.165, 1.54) is 5.57 Å². The summed E-state index contributed by atoms with van der Waals surface area (Å²) in [7, 11) is 0. The highest BCUT2D eigenvalue weighted by Crippen LogP contribution is 2.39. The molecule has 2 nitrogen and oxygen atoms in total. The van der Waals surface area contributed by atoms with E-state index in [2.05, 4.69) is 74.6 Å². The molecule has 4 unspecified atom stereocenters. The van der Waals surface area contributed by atoms with Gasteiger partial charge >= 0.3 is 0 Å². The van der Waals surface area contributed by atoms with E-state index in [0.717, 1.165) is 6.42 Å². The van der Waals surface area contributed by atoms with Crippen molar-refractivity contribution in [1.82, 2.24) is 0 Å². The van der Waals surface area contributed by atoms with Crippen molar-refractivity contribution in [3.8, 4) is 0 Å². The minimum atomic E-state index is -0.264. The molecule has 2 N–H and O–H groups in total. The van der Waals surface area contributed by atoms with E-state index in [0.29, 0.717) is 17.2 Å². The van der Waals surface area contributed by atoms with Crippen LogP contribution in [0.1, 0.15) is 68.7 Å². The molecule has 3 heteroatoms. The highest BCUT2D eigenvalue weighted by Gasteiger charge is 2.35. The van der Waals surface area contributed by atoms with Gasteiger partial charge in [0.1, 0.15) is 0 Å². The van der Waals surface area contributed by atoms with Crippen LogP contribution in [-0.2, 0) is 0 Å². The Morgan fingerprint density at radius 2 is 1.76 bits per heavy atom.